The number of nitrogens with zero attached hydrogens (tertiary/aromatic N) is 2. The molecule has 0 saturated heterocycles. The van der Waals surface area contributed by atoms with Crippen LogP contribution in [0.1, 0.15) is 104 Å². The van der Waals surface area contributed by atoms with E-state index in [-0.39, 0.29) is 0 Å². The average molecular weight is 527 g/mol. The molecule has 4 nitrogen and oxygen atoms in total. The molecular formula is C23H45F6N2O2P. The van der Waals surface area contributed by atoms with Gasteiger partial charge >= 0.3 is 33.0 Å². The van der Waals surface area contributed by atoms with Gasteiger partial charge in [-0.2, -0.15) is 0 Å². The predicted octanol–water partition coefficient (Wildman–Crippen LogP) is 9.61. The van der Waals surface area contributed by atoms with E-state index >= 15 is 0 Å². The molecule has 206 valence electrons. The van der Waals surface area contributed by atoms with E-state index in [4.69, 9.17) is 9.47 Å². The Morgan fingerprint density at radius 2 is 1.06 bits per heavy atom. The van der Waals surface area contributed by atoms with Crippen LogP contribution in [-0.2, 0) is 22.9 Å². The molecule has 0 atom stereocenters. The SMILES string of the molecule is CCCCCCCCCOCn1cc[n+](COCCCCCCCCC)c1.F[P-](F)(F)(F)(F)F. The Hall–Kier alpha value is -0.860. The van der Waals surface area contributed by atoms with Gasteiger partial charge < -0.3 is 9.47 Å². The van der Waals surface area contributed by atoms with Crippen LogP contribution in [0.2, 0.25) is 0 Å². The standard InChI is InChI=1S/C23H45N2O2.F6P/c1-3-5-7-9-11-13-15-19-26-22-24-17-18-25(21-24)23-27-20-16-14-12-10-8-6-4-2;1-7(2,3,4,5)6/h17-18,21H,3-16,19-20,22-23H2,1-2H3;/q+1;-1. The Kier molecular flexibility index (Phi) is 16.3. The van der Waals surface area contributed by atoms with Crippen molar-refractivity contribution in [1.29, 1.82) is 0 Å². The van der Waals surface area contributed by atoms with Crippen molar-refractivity contribution in [3.05, 3.63) is 18.7 Å². The molecule has 34 heavy (non-hydrogen) atoms. The summed E-state index contributed by atoms with van der Waals surface area (Å²) in [5, 5.41) is 0. The minimum absolute atomic E-state index is 0.639. The Labute approximate surface area is 201 Å². The van der Waals surface area contributed by atoms with Gasteiger partial charge in [-0.3, -0.25) is 0 Å². The van der Waals surface area contributed by atoms with Crippen LogP contribution in [0.5, 0.6) is 0 Å². The first-order chi connectivity index (χ1) is 15.8. The fourth-order valence-electron chi connectivity index (χ4n) is 3.25. The van der Waals surface area contributed by atoms with E-state index in [1.54, 1.807) is 0 Å². The molecule has 0 aliphatic heterocycles. The van der Waals surface area contributed by atoms with Gasteiger partial charge in [-0.25, -0.2) is 9.13 Å². The van der Waals surface area contributed by atoms with Gasteiger partial charge in [0.05, 0.1) is 13.2 Å². The van der Waals surface area contributed by atoms with E-state index in [0.29, 0.717) is 13.5 Å². The molecule has 0 unspecified atom stereocenters. The van der Waals surface area contributed by atoms with Crippen molar-refractivity contribution in [3.8, 4) is 0 Å². The molecule has 11 heteroatoms. The topological polar surface area (TPSA) is 27.3 Å². The number of rotatable bonds is 20. The number of ether oxygens (including phenoxy) is 2. The summed E-state index contributed by atoms with van der Waals surface area (Å²) in [6.45, 7) is 7.53. The molecular weight excluding hydrogens is 481 g/mol. The molecule has 1 aromatic heterocycles. The fourth-order valence-corrected chi connectivity index (χ4v) is 3.25. The number of imidazole rings is 1. The molecule has 0 spiro atoms. The molecule has 1 rings (SSSR count). The third-order valence-corrected chi connectivity index (χ3v) is 5.01. The zero-order valence-electron chi connectivity index (χ0n) is 20.9. The molecule has 0 fully saturated rings. The van der Waals surface area contributed by atoms with E-state index in [0.717, 1.165) is 13.2 Å². The van der Waals surface area contributed by atoms with Gasteiger partial charge in [0, 0.05) is 0 Å². The molecule has 0 bridgehead atoms. The first kappa shape index (κ1) is 33.1. The molecule has 0 aromatic carbocycles. The molecule has 0 aliphatic carbocycles. The maximum absolute atomic E-state index is 10.7. The third kappa shape index (κ3) is 31.1. The molecule has 0 saturated carbocycles. The molecule has 1 aromatic rings. The zero-order valence-corrected chi connectivity index (χ0v) is 21.8. The summed E-state index contributed by atoms with van der Waals surface area (Å²) >= 11 is 0. The predicted molar refractivity (Wildman–Crippen MR) is 126 cm³/mol. The molecule has 0 amide bonds. The Morgan fingerprint density at radius 3 is 1.53 bits per heavy atom. The summed E-state index contributed by atoms with van der Waals surface area (Å²) in [6, 6.07) is 0. The van der Waals surface area contributed by atoms with Crippen LogP contribution in [0, 0.1) is 0 Å². The van der Waals surface area contributed by atoms with Crippen molar-refractivity contribution in [1.82, 2.24) is 4.57 Å². The molecule has 0 radical (unpaired) electrons. The van der Waals surface area contributed by atoms with Crippen molar-refractivity contribution in [2.45, 2.75) is 117 Å². The molecule has 0 N–H and O–H groups in total. The second kappa shape index (κ2) is 16.7. The van der Waals surface area contributed by atoms with Crippen LogP contribution in [0.25, 0.3) is 0 Å². The van der Waals surface area contributed by atoms with Gasteiger partial charge in [-0.1, -0.05) is 90.9 Å². The van der Waals surface area contributed by atoms with Gasteiger partial charge in [-0.05, 0) is 12.8 Å². The van der Waals surface area contributed by atoms with Crippen molar-refractivity contribution < 1.29 is 39.2 Å². The number of aromatic nitrogens is 2. The van der Waals surface area contributed by atoms with Crippen LogP contribution in [-0.4, -0.2) is 17.8 Å². The van der Waals surface area contributed by atoms with Crippen molar-refractivity contribution in [3.63, 3.8) is 0 Å². The third-order valence-electron chi connectivity index (χ3n) is 5.01. The van der Waals surface area contributed by atoms with Crippen LogP contribution >= 0.6 is 7.81 Å². The fraction of sp³-hybridized carbons (Fsp3) is 0.870. The minimum atomic E-state index is -10.7. The van der Waals surface area contributed by atoms with Crippen molar-refractivity contribution >= 4 is 7.81 Å². The summed E-state index contributed by atoms with van der Waals surface area (Å²) in [6.07, 6.45) is 24.8. The van der Waals surface area contributed by atoms with E-state index in [1.807, 2.05) is 0 Å². The van der Waals surface area contributed by atoms with E-state index in [9.17, 15) is 25.2 Å². The first-order valence-corrected chi connectivity index (χ1v) is 14.6. The first-order valence-electron chi connectivity index (χ1n) is 12.6. The van der Waals surface area contributed by atoms with Crippen LogP contribution in [0.15, 0.2) is 18.7 Å². The zero-order chi connectivity index (χ0) is 25.8. The maximum atomic E-state index is 9.87. The average Bonchev–Trinajstić information content (AvgIpc) is 3.17. The monoisotopic (exact) mass is 526 g/mol. The summed E-state index contributed by atoms with van der Waals surface area (Å²) in [5.41, 5.74) is 0. The summed E-state index contributed by atoms with van der Waals surface area (Å²) < 4.78 is 74.9. The van der Waals surface area contributed by atoms with Crippen LogP contribution < -0.4 is 4.57 Å². The van der Waals surface area contributed by atoms with E-state index < -0.39 is 7.81 Å². The Morgan fingerprint density at radius 1 is 0.647 bits per heavy atom. The summed E-state index contributed by atoms with van der Waals surface area (Å²) in [7, 11) is -10.7. The van der Waals surface area contributed by atoms with Crippen LogP contribution in [0.3, 0.4) is 0 Å². The van der Waals surface area contributed by atoms with Gasteiger partial charge in [0.25, 0.3) is 0 Å². The summed E-state index contributed by atoms with van der Waals surface area (Å²) in [5.74, 6) is 0. The van der Waals surface area contributed by atoms with E-state index in [2.05, 4.69) is 41.7 Å². The van der Waals surface area contributed by atoms with Crippen LogP contribution in [0.4, 0.5) is 25.2 Å². The quantitative estimate of drug-likeness (QED) is 0.0732. The second-order valence-electron chi connectivity index (χ2n) is 8.72. The van der Waals surface area contributed by atoms with Gasteiger partial charge in [0.2, 0.25) is 6.33 Å². The normalized spacial score (nSPS) is 13.8. The molecule has 1 heterocycles. The van der Waals surface area contributed by atoms with Crippen molar-refractivity contribution in [2.24, 2.45) is 0 Å². The molecule has 0 aliphatic rings. The Bertz CT molecular complexity index is 564. The van der Waals surface area contributed by atoms with Crippen molar-refractivity contribution in [2.75, 3.05) is 13.2 Å². The van der Waals surface area contributed by atoms with E-state index in [1.165, 1.54) is 89.9 Å². The number of hydrogen-bond donors (Lipinski definition) is 0. The summed E-state index contributed by atoms with van der Waals surface area (Å²) in [4.78, 5) is 0. The number of unbranched alkanes of at least 4 members (excludes halogenated alkanes) is 12. The van der Waals surface area contributed by atoms with Gasteiger partial charge in [-0.15, -0.1) is 0 Å². The Balaban J connectivity index is 0.00000135. The number of halogens is 6. The number of hydrogen-bond acceptors (Lipinski definition) is 2. The van der Waals surface area contributed by atoms with Gasteiger partial charge in [0.15, 0.2) is 13.5 Å². The van der Waals surface area contributed by atoms with Gasteiger partial charge in [0.1, 0.15) is 12.4 Å². The second-order valence-corrected chi connectivity index (χ2v) is 10.6.